The Balaban J connectivity index is 1.88. The minimum atomic E-state index is 0.463. The Labute approximate surface area is 118 Å². The first-order valence-corrected chi connectivity index (χ1v) is 7.65. The minimum absolute atomic E-state index is 0.463. The Hall–Kier alpha value is -0.380. The summed E-state index contributed by atoms with van der Waals surface area (Å²) < 4.78 is 6.56. The molecule has 0 aromatic heterocycles. The van der Waals surface area contributed by atoms with E-state index in [1.54, 1.807) is 0 Å². The predicted octanol–water partition coefficient (Wildman–Crippen LogP) is 3.92. The number of rotatable bonds is 5. The van der Waals surface area contributed by atoms with Gasteiger partial charge in [-0.15, -0.1) is 0 Å². The summed E-state index contributed by atoms with van der Waals surface area (Å²) in [5, 5.41) is 3.71. The molecule has 1 atom stereocenters. The molecule has 0 radical (unpaired) electrons. The average molecular weight is 312 g/mol. The molecule has 0 amide bonds. The molecule has 2 nitrogen and oxygen atoms in total. The van der Waals surface area contributed by atoms with E-state index in [1.165, 1.54) is 18.4 Å². The third-order valence-corrected chi connectivity index (χ3v) is 4.15. The van der Waals surface area contributed by atoms with Gasteiger partial charge in [0.25, 0.3) is 0 Å². The summed E-state index contributed by atoms with van der Waals surface area (Å²) >= 11 is 3.54. The van der Waals surface area contributed by atoms with Crippen LogP contribution in [0.15, 0.2) is 28.7 Å². The van der Waals surface area contributed by atoms with Gasteiger partial charge in [0.05, 0.1) is 0 Å². The molecule has 3 heteroatoms. The molecule has 1 aromatic carbocycles. The molecule has 0 spiro atoms. The Morgan fingerprint density at radius 1 is 1.39 bits per heavy atom. The summed E-state index contributed by atoms with van der Waals surface area (Å²) in [6, 6.07) is 9.07. The van der Waals surface area contributed by atoms with Crippen LogP contribution in [0.3, 0.4) is 0 Å². The van der Waals surface area contributed by atoms with E-state index in [0.717, 1.165) is 36.6 Å². The van der Waals surface area contributed by atoms with Gasteiger partial charge in [-0.05, 0) is 49.4 Å². The lowest BCUT2D eigenvalue weighted by Gasteiger charge is -2.25. The molecule has 2 rings (SSSR count). The van der Waals surface area contributed by atoms with E-state index < -0.39 is 0 Å². The Morgan fingerprint density at radius 2 is 2.17 bits per heavy atom. The van der Waals surface area contributed by atoms with Crippen LogP contribution in [0.25, 0.3) is 0 Å². The van der Waals surface area contributed by atoms with Crippen molar-refractivity contribution in [2.45, 2.75) is 32.2 Å². The zero-order chi connectivity index (χ0) is 12.8. The number of hydrogen-bond donors (Lipinski definition) is 1. The fraction of sp³-hybridized carbons (Fsp3) is 0.600. The van der Waals surface area contributed by atoms with Crippen LogP contribution in [-0.2, 0) is 4.74 Å². The van der Waals surface area contributed by atoms with E-state index in [-0.39, 0.29) is 0 Å². The Kier molecular flexibility index (Phi) is 5.67. The molecule has 0 aliphatic carbocycles. The van der Waals surface area contributed by atoms with Gasteiger partial charge in [-0.2, -0.15) is 0 Å². The van der Waals surface area contributed by atoms with Crippen molar-refractivity contribution in [3.05, 3.63) is 34.3 Å². The second-order valence-corrected chi connectivity index (χ2v) is 5.90. The normalized spacial score (nSPS) is 18.8. The van der Waals surface area contributed by atoms with Crippen LogP contribution < -0.4 is 5.32 Å². The van der Waals surface area contributed by atoms with Crippen LogP contribution in [-0.4, -0.2) is 19.8 Å². The molecule has 1 fully saturated rings. The van der Waals surface area contributed by atoms with Crippen molar-refractivity contribution in [1.82, 2.24) is 5.32 Å². The topological polar surface area (TPSA) is 21.3 Å². The second-order valence-electron chi connectivity index (χ2n) is 4.98. The third kappa shape index (κ3) is 4.08. The highest BCUT2D eigenvalue weighted by molar-refractivity contribution is 9.10. The van der Waals surface area contributed by atoms with Gasteiger partial charge >= 0.3 is 0 Å². The van der Waals surface area contributed by atoms with Crippen LogP contribution >= 0.6 is 15.9 Å². The number of hydrogen-bond acceptors (Lipinski definition) is 2. The predicted molar refractivity (Wildman–Crippen MR) is 78.7 cm³/mol. The molecule has 1 N–H and O–H groups in total. The highest BCUT2D eigenvalue weighted by Crippen LogP contribution is 2.22. The lowest BCUT2D eigenvalue weighted by atomic mass is 9.98. The van der Waals surface area contributed by atoms with E-state index >= 15 is 0 Å². The van der Waals surface area contributed by atoms with E-state index in [4.69, 9.17) is 4.74 Å². The molecular weight excluding hydrogens is 290 g/mol. The SMILES string of the molecule is CCC(NCC1CCOCC1)c1cccc(Br)c1. The zero-order valence-corrected chi connectivity index (χ0v) is 12.6. The highest BCUT2D eigenvalue weighted by Gasteiger charge is 2.16. The average Bonchev–Trinajstić information content (AvgIpc) is 2.41. The lowest BCUT2D eigenvalue weighted by molar-refractivity contribution is 0.0654. The van der Waals surface area contributed by atoms with Gasteiger partial charge in [-0.1, -0.05) is 35.0 Å². The molecule has 1 aliphatic rings. The second kappa shape index (κ2) is 7.27. The highest BCUT2D eigenvalue weighted by atomic mass is 79.9. The standard InChI is InChI=1S/C15H22BrNO/c1-2-15(13-4-3-5-14(16)10-13)17-11-12-6-8-18-9-7-12/h3-5,10,12,15,17H,2,6-9,11H2,1H3. The molecular formula is C15H22BrNO. The van der Waals surface area contributed by atoms with Crippen molar-refractivity contribution in [3.8, 4) is 0 Å². The molecule has 18 heavy (non-hydrogen) atoms. The first kappa shape index (κ1) is 14.0. The third-order valence-electron chi connectivity index (χ3n) is 3.65. The monoisotopic (exact) mass is 311 g/mol. The molecule has 1 heterocycles. The van der Waals surface area contributed by atoms with E-state index in [0.29, 0.717) is 6.04 Å². The molecule has 1 aromatic rings. The molecule has 0 bridgehead atoms. The van der Waals surface area contributed by atoms with Crippen molar-refractivity contribution in [2.75, 3.05) is 19.8 Å². The molecule has 100 valence electrons. The van der Waals surface area contributed by atoms with Crippen molar-refractivity contribution < 1.29 is 4.74 Å². The fourth-order valence-electron chi connectivity index (χ4n) is 2.48. The maximum Gasteiger partial charge on any atom is 0.0469 e. The van der Waals surface area contributed by atoms with Crippen LogP contribution in [0.5, 0.6) is 0 Å². The number of benzene rings is 1. The van der Waals surface area contributed by atoms with Gasteiger partial charge in [0, 0.05) is 23.7 Å². The number of ether oxygens (including phenoxy) is 1. The maximum absolute atomic E-state index is 5.40. The smallest absolute Gasteiger partial charge is 0.0469 e. The lowest BCUT2D eigenvalue weighted by Crippen LogP contribution is -2.30. The van der Waals surface area contributed by atoms with Gasteiger partial charge in [-0.25, -0.2) is 0 Å². The minimum Gasteiger partial charge on any atom is -0.381 e. The summed E-state index contributed by atoms with van der Waals surface area (Å²) in [6.45, 7) is 5.21. The molecule has 1 unspecified atom stereocenters. The Morgan fingerprint density at radius 3 is 2.83 bits per heavy atom. The van der Waals surface area contributed by atoms with Gasteiger partial charge in [0.2, 0.25) is 0 Å². The fourth-order valence-corrected chi connectivity index (χ4v) is 2.90. The Bertz CT molecular complexity index is 363. The summed E-state index contributed by atoms with van der Waals surface area (Å²) in [4.78, 5) is 0. The number of halogens is 1. The first-order valence-electron chi connectivity index (χ1n) is 6.86. The van der Waals surface area contributed by atoms with Crippen molar-refractivity contribution in [3.63, 3.8) is 0 Å². The van der Waals surface area contributed by atoms with Crippen molar-refractivity contribution >= 4 is 15.9 Å². The van der Waals surface area contributed by atoms with Crippen molar-refractivity contribution in [2.24, 2.45) is 5.92 Å². The molecule has 1 saturated heterocycles. The van der Waals surface area contributed by atoms with Crippen LogP contribution in [0, 0.1) is 5.92 Å². The first-order chi connectivity index (χ1) is 8.79. The van der Waals surface area contributed by atoms with Gasteiger partial charge in [-0.3, -0.25) is 0 Å². The largest absolute Gasteiger partial charge is 0.381 e. The molecule has 0 saturated carbocycles. The van der Waals surface area contributed by atoms with Gasteiger partial charge in [0.1, 0.15) is 0 Å². The number of nitrogens with one attached hydrogen (secondary N) is 1. The van der Waals surface area contributed by atoms with E-state index in [1.807, 2.05) is 0 Å². The van der Waals surface area contributed by atoms with E-state index in [2.05, 4.69) is 52.4 Å². The van der Waals surface area contributed by atoms with Gasteiger partial charge < -0.3 is 10.1 Å². The van der Waals surface area contributed by atoms with Crippen LogP contribution in [0.1, 0.15) is 37.8 Å². The van der Waals surface area contributed by atoms with Crippen molar-refractivity contribution in [1.29, 1.82) is 0 Å². The van der Waals surface area contributed by atoms with Crippen LogP contribution in [0.2, 0.25) is 0 Å². The summed E-state index contributed by atoms with van der Waals surface area (Å²) in [7, 11) is 0. The van der Waals surface area contributed by atoms with Crippen LogP contribution in [0.4, 0.5) is 0 Å². The van der Waals surface area contributed by atoms with Gasteiger partial charge in [0.15, 0.2) is 0 Å². The summed E-state index contributed by atoms with van der Waals surface area (Å²) in [6.07, 6.45) is 3.52. The maximum atomic E-state index is 5.40. The van der Waals surface area contributed by atoms with E-state index in [9.17, 15) is 0 Å². The zero-order valence-electron chi connectivity index (χ0n) is 11.0. The molecule has 1 aliphatic heterocycles. The quantitative estimate of drug-likeness (QED) is 0.890. The summed E-state index contributed by atoms with van der Waals surface area (Å²) in [5.41, 5.74) is 1.37. The summed E-state index contributed by atoms with van der Waals surface area (Å²) in [5.74, 6) is 0.778.